The maximum atomic E-state index is 4.38. The van der Waals surface area contributed by atoms with Crippen LogP contribution in [0.25, 0.3) is 11.0 Å². The highest BCUT2D eigenvalue weighted by molar-refractivity contribution is 5.77. The van der Waals surface area contributed by atoms with Gasteiger partial charge in [0.2, 0.25) is 0 Å². The van der Waals surface area contributed by atoms with Gasteiger partial charge in [0.25, 0.3) is 0 Å². The lowest BCUT2D eigenvalue weighted by Gasteiger charge is -2.06. The minimum atomic E-state index is 0.847. The van der Waals surface area contributed by atoms with Crippen LogP contribution in [0.15, 0.2) is 30.6 Å². The molecule has 2 rings (SSSR count). The molecule has 0 spiro atoms. The van der Waals surface area contributed by atoms with Crippen LogP contribution < -0.4 is 10.6 Å². The van der Waals surface area contributed by atoms with Crippen molar-refractivity contribution in [1.82, 2.24) is 20.6 Å². The van der Waals surface area contributed by atoms with E-state index in [0.717, 1.165) is 37.1 Å². The van der Waals surface area contributed by atoms with Crippen LogP contribution in [0.4, 0.5) is 0 Å². The Morgan fingerprint density at radius 1 is 1.12 bits per heavy atom. The summed E-state index contributed by atoms with van der Waals surface area (Å²) in [5, 5.41) is 6.55. The molecular weight excluding hydrogens is 212 g/mol. The van der Waals surface area contributed by atoms with Gasteiger partial charge >= 0.3 is 0 Å². The zero-order valence-corrected chi connectivity index (χ0v) is 10.1. The van der Waals surface area contributed by atoms with Crippen molar-refractivity contribution in [2.24, 2.45) is 0 Å². The van der Waals surface area contributed by atoms with Crippen LogP contribution in [0, 0.1) is 0 Å². The molecule has 0 aliphatic carbocycles. The minimum absolute atomic E-state index is 0.847. The lowest BCUT2D eigenvalue weighted by Crippen LogP contribution is -2.19. The predicted octanol–water partition coefficient (Wildman–Crippen LogP) is 1.33. The van der Waals surface area contributed by atoms with Crippen molar-refractivity contribution in [2.45, 2.75) is 13.0 Å². The molecule has 1 aromatic carbocycles. The molecule has 90 valence electrons. The van der Waals surface area contributed by atoms with E-state index >= 15 is 0 Å². The average molecular weight is 230 g/mol. The molecule has 0 radical (unpaired) electrons. The smallest absolute Gasteiger partial charge is 0.0931 e. The molecule has 0 fully saturated rings. The van der Waals surface area contributed by atoms with E-state index in [2.05, 4.69) is 26.7 Å². The summed E-state index contributed by atoms with van der Waals surface area (Å²) in [5.41, 5.74) is 3.16. The molecule has 0 aliphatic heterocycles. The maximum Gasteiger partial charge on any atom is 0.0931 e. The second-order valence-electron chi connectivity index (χ2n) is 3.98. The predicted molar refractivity (Wildman–Crippen MR) is 69.8 cm³/mol. The largest absolute Gasteiger partial charge is 0.320 e. The van der Waals surface area contributed by atoms with Gasteiger partial charge in [0.15, 0.2) is 0 Å². The highest BCUT2D eigenvalue weighted by Crippen LogP contribution is 2.13. The number of hydrogen-bond acceptors (Lipinski definition) is 4. The Morgan fingerprint density at radius 3 is 2.88 bits per heavy atom. The normalized spacial score (nSPS) is 10.9. The quantitative estimate of drug-likeness (QED) is 0.735. The van der Waals surface area contributed by atoms with Gasteiger partial charge in [-0.15, -0.1) is 0 Å². The lowest BCUT2D eigenvalue weighted by molar-refractivity contribution is 0.626. The van der Waals surface area contributed by atoms with Crippen LogP contribution in [0.1, 0.15) is 12.0 Å². The fourth-order valence-electron chi connectivity index (χ4n) is 1.81. The monoisotopic (exact) mass is 230 g/mol. The molecule has 17 heavy (non-hydrogen) atoms. The van der Waals surface area contributed by atoms with Gasteiger partial charge in [0.05, 0.1) is 11.0 Å². The van der Waals surface area contributed by atoms with Crippen molar-refractivity contribution in [2.75, 3.05) is 20.1 Å². The number of hydrogen-bond donors (Lipinski definition) is 2. The minimum Gasteiger partial charge on any atom is -0.320 e. The Bertz CT molecular complexity index is 464. The van der Waals surface area contributed by atoms with Gasteiger partial charge in [0, 0.05) is 18.9 Å². The third-order valence-corrected chi connectivity index (χ3v) is 2.68. The molecule has 0 atom stereocenters. The summed E-state index contributed by atoms with van der Waals surface area (Å²) in [6, 6.07) is 6.12. The first-order valence-corrected chi connectivity index (χ1v) is 5.96. The molecule has 0 unspecified atom stereocenters. The summed E-state index contributed by atoms with van der Waals surface area (Å²) >= 11 is 0. The van der Waals surface area contributed by atoms with E-state index in [1.54, 1.807) is 12.4 Å². The topological polar surface area (TPSA) is 49.8 Å². The number of fused-ring (bicyclic) bond motifs is 1. The Labute approximate surface area is 101 Å². The van der Waals surface area contributed by atoms with Gasteiger partial charge in [-0.2, -0.15) is 0 Å². The average Bonchev–Trinajstić information content (AvgIpc) is 2.39. The zero-order valence-electron chi connectivity index (χ0n) is 10.1. The first-order chi connectivity index (χ1) is 8.42. The van der Waals surface area contributed by atoms with E-state index in [9.17, 15) is 0 Å². The number of nitrogens with zero attached hydrogens (tertiary/aromatic N) is 2. The van der Waals surface area contributed by atoms with Crippen LogP contribution >= 0.6 is 0 Å². The fourth-order valence-corrected chi connectivity index (χ4v) is 1.81. The Kier molecular flexibility index (Phi) is 4.41. The summed E-state index contributed by atoms with van der Waals surface area (Å²) < 4.78 is 0. The maximum absolute atomic E-state index is 4.38. The van der Waals surface area contributed by atoms with E-state index < -0.39 is 0 Å². The summed E-state index contributed by atoms with van der Waals surface area (Å²) in [6.45, 7) is 2.90. The first kappa shape index (κ1) is 12.0. The first-order valence-electron chi connectivity index (χ1n) is 5.96. The van der Waals surface area contributed by atoms with E-state index in [1.807, 2.05) is 19.2 Å². The van der Waals surface area contributed by atoms with Crippen LogP contribution in [0.2, 0.25) is 0 Å². The van der Waals surface area contributed by atoms with Crippen molar-refractivity contribution < 1.29 is 0 Å². The Balaban J connectivity index is 1.98. The molecule has 4 heteroatoms. The zero-order chi connectivity index (χ0) is 11.9. The second-order valence-corrected chi connectivity index (χ2v) is 3.98. The molecule has 0 saturated carbocycles. The van der Waals surface area contributed by atoms with Crippen LogP contribution in [0.3, 0.4) is 0 Å². The standard InChI is InChI=1S/C13H18N4/c1-14-6-3-7-15-10-11-4-2-5-12-13(11)17-9-8-16-12/h2,4-5,8-9,14-15H,3,6-7,10H2,1H3. The molecule has 2 aromatic rings. The fraction of sp³-hybridized carbons (Fsp3) is 0.385. The summed E-state index contributed by atoms with van der Waals surface area (Å²) in [7, 11) is 1.97. The van der Waals surface area contributed by atoms with Gasteiger partial charge in [-0.05, 0) is 38.2 Å². The van der Waals surface area contributed by atoms with Gasteiger partial charge in [-0.25, -0.2) is 0 Å². The van der Waals surface area contributed by atoms with Crippen molar-refractivity contribution in [3.63, 3.8) is 0 Å². The molecular formula is C13H18N4. The number of benzene rings is 1. The number of para-hydroxylation sites is 1. The van der Waals surface area contributed by atoms with Gasteiger partial charge in [0.1, 0.15) is 0 Å². The number of rotatable bonds is 6. The molecule has 1 heterocycles. The summed E-state index contributed by atoms with van der Waals surface area (Å²) in [5.74, 6) is 0. The van der Waals surface area contributed by atoms with Crippen molar-refractivity contribution in [3.05, 3.63) is 36.2 Å². The van der Waals surface area contributed by atoms with Crippen LogP contribution in [-0.2, 0) is 6.54 Å². The SMILES string of the molecule is CNCCCNCc1cccc2nccnc12. The molecule has 4 nitrogen and oxygen atoms in total. The van der Waals surface area contributed by atoms with Crippen molar-refractivity contribution in [3.8, 4) is 0 Å². The van der Waals surface area contributed by atoms with Crippen molar-refractivity contribution in [1.29, 1.82) is 0 Å². The molecule has 0 bridgehead atoms. The Hall–Kier alpha value is -1.52. The number of aromatic nitrogens is 2. The van der Waals surface area contributed by atoms with Crippen molar-refractivity contribution >= 4 is 11.0 Å². The molecule has 2 N–H and O–H groups in total. The van der Waals surface area contributed by atoms with Crippen LogP contribution in [-0.4, -0.2) is 30.1 Å². The van der Waals surface area contributed by atoms with E-state index in [0.29, 0.717) is 0 Å². The molecule has 0 aliphatic rings. The van der Waals surface area contributed by atoms with E-state index in [-0.39, 0.29) is 0 Å². The molecule has 0 saturated heterocycles. The summed E-state index contributed by atoms with van der Waals surface area (Å²) in [6.07, 6.45) is 4.60. The summed E-state index contributed by atoms with van der Waals surface area (Å²) in [4.78, 5) is 8.68. The Morgan fingerprint density at radius 2 is 2.00 bits per heavy atom. The van der Waals surface area contributed by atoms with E-state index in [4.69, 9.17) is 0 Å². The lowest BCUT2D eigenvalue weighted by atomic mass is 10.1. The highest BCUT2D eigenvalue weighted by atomic mass is 14.9. The van der Waals surface area contributed by atoms with Gasteiger partial charge in [-0.3, -0.25) is 9.97 Å². The third kappa shape index (κ3) is 3.22. The van der Waals surface area contributed by atoms with E-state index in [1.165, 1.54) is 5.56 Å². The van der Waals surface area contributed by atoms with Crippen LogP contribution in [0.5, 0.6) is 0 Å². The molecule has 1 aromatic heterocycles. The second kappa shape index (κ2) is 6.27. The number of nitrogens with one attached hydrogen (secondary N) is 2. The molecule has 0 amide bonds. The van der Waals surface area contributed by atoms with Gasteiger partial charge in [-0.1, -0.05) is 12.1 Å². The highest BCUT2D eigenvalue weighted by Gasteiger charge is 2.01. The van der Waals surface area contributed by atoms with Gasteiger partial charge < -0.3 is 10.6 Å². The third-order valence-electron chi connectivity index (χ3n) is 2.68.